The molecule has 1 fully saturated rings. The maximum atomic E-state index is 11.6. The second-order valence-corrected chi connectivity index (χ2v) is 5.46. The highest BCUT2D eigenvalue weighted by atomic mass is 16.4. The van der Waals surface area contributed by atoms with Crippen molar-refractivity contribution in [2.24, 2.45) is 0 Å². The van der Waals surface area contributed by atoms with Gasteiger partial charge in [-0.2, -0.15) is 5.26 Å². The normalized spacial score (nSPS) is 22.7. The van der Waals surface area contributed by atoms with Crippen molar-refractivity contribution in [1.29, 1.82) is 5.26 Å². The number of hydrogen-bond acceptors (Lipinski definition) is 4. The molecule has 0 saturated carbocycles. The molecule has 0 aromatic heterocycles. The van der Waals surface area contributed by atoms with Crippen molar-refractivity contribution in [1.82, 2.24) is 4.90 Å². The van der Waals surface area contributed by atoms with E-state index in [9.17, 15) is 20.0 Å². The molecule has 8 heteroatoms. The van der Waals surface area contributed by atoms with Crippen molar-refractivity contribution in [3.8, 4) is 6.07 Å². The number of amides is 2. The molecule has 2 atom stereocenters. The summed E-state index contributed by atoms with van der Waals surface area (Å²) in [7, 11) is 0. The van der Waals surface area contributed by atoms with Crippen LogP contribution in [0.4, 0.5) is 21.0 Å². The van der Waals surface area contributed by atoms with Gasteiger partial charge in [0.1, 0.15) is 6.07 Å². The lowest BCUT2D eigenvalue weighted by atomic mass is 9.88. The highest BCUT2D eigenvalue weighted by Gasteiger charge is 2.46. The Morgan fingerprint density at radius 3 is 2.64 bits per heavy atom. The van der Waals surface area contributed by atoms with Crippen LogP contribution < -0.4 is 10.6 Å². The number of nitriles is 1. The summed E-state index contributed by atoms with van der Waals surface area (Å²) in [6.07, 6.45) is -1.78. The van der Waals surface area contributed by atoms with Crippen molar-refractivity contribution in [3.63, 3.8) is 0 Å². The van der Waals surface area contributed by atoms with Gasteiger partial charge in [-0.05, 0) is 24.1 Å². The molecule has 114 valence electrons. The van der Waals surface area contributed by atoms with Crippen LogP contribution in [0.15, 0.2) is 12.1 Å². The summed E-state index contributed by atoms with van der Waals surface area (Å²) in [5.74, 6) is -0.299. The smallest absolute Gasteiger partial charge is 0.412 e. The molecule has 3 rings (SSSR count). The van der Waals surface area contributed by atoms with Gasteiger partial charge >= 0.3 is 12.2 Å². The summed E-state index contributed by atoms with van der Waals surface area (Å²) in [6.45, 7) is 0.469. The van der Waals surface area contributed by atoms with Gasteiger partial charge in [0.15, 0.2) is 0 Å². The van der Waals surface area contributed by atoms with Crippen molar-refractivity contribution >= 4 is 23.6 Å². The molecule has 2 amide bonds. The number of nitrogens with zero attached hydrogens (tertiary/aromatic N) is 3. The maximum Gasteiger partial charge on any atom is 0.412 e. The number of anilines is 2. The van der Waals surface area contributed by atoms with Crippen LogP contribution >= 0.6 is 0 Å². The number of hydrogen-bond donors (Lipinski definition) is 3. The molecule has 0 bridgehead atoms. The fraction of sp³-hybridized carbons (Fsp3) is 0.357. The van der Waals surface area contributed by atoms with Gasteiger partial charge < -0.3 is 20.8 Å². The summed E-state index contributed by atoms with van der Waals surface area (Å²) in [4.78, 5) is 25.3. The number of piperidine rings is 1. The van der Waals surface area contributed by atoms with Crippen LogP contribution in [0.1, 0.15) is 23.5 Å². The molecule has 0 aliphatic carbocycles. The third-order valence-corrected chi connectivity index (χ3v) is 4.31. The number of carboxylic acid groups (broad SMARTS) is 2. The molecule has 2 aliphatic rings. The molecular weight excluding hydrogens is 288 g/mol. The van der Waals surface area contributed by atoms with Crippen LogP contribution in [0.2, 0.25) is 0 Å². The number of carbonyl (C=O) groups is 2. The van der Waals surface area contributed by atoms with Gasteiger partial charge in [0, 0.05) is 24.7 Å². The Hall–Kier alpha value is -2.95. The van der Waals surface area contributed by atoms with Crippen LogP contribution in [-0.4, -0.2) is 46.4 Å². The van der Waals surface area contributed by atoms with Crippen LogP contribution in [0, 0.1) is 11.3 Å². The van der Waals surface area contributed by atoms with E-state index in [0.29, 0.717) is 23.4 Å². The minimum atomic E-state index is -1.14. The molecular formula is C14H14N4O4. The first kappa shape index (κ1) is 14.0. The van der Waals surface area contributed by atoms with Crippen molar-refractivity contribution < 1.29 is 19.8 Å². The minimum Gasteiger partial charge on any atom is -0.465 e. The van der Waals surface area contributed by atoms with E-state index in [1.165, 1.54) is 15.9 Å². The van der Waals surface area contributed by atoms with Crippen LogP contribution in [0.3, 0.4) is 0 Å². The highest BCUT2D eigenvalue weighted by Crippen LogP contribution is 2.47. The Labute approximate surface area is 126 Å². The van der Waals surface area contributed by atoms with Gasteiger partial charge in [-0.3, -0.25) is 4.90 Å². The molecule has 1 aromatic rings. The number of likely N-dealkylation sites (tertiary alicyclic amines) is 1. The minimum absolute atomic E-state index is 0.200. The summed E-state index contributed by atoms with van der Waals surface area (Å²) < 4.78 is 0. The largest absolute Gasteiger partial charge is 0.465 e. The molecule has 0 spiro atoms. The Balaban J connectivity index is 2.14. The fourth-order valence-electron chi connectivity index (χ4n) is 3.45. The average Bonchev–Trinajstić information content (AvgIpc) is 2.80. The van der Waals surface area contributed by atoms with E-state index in [2.05, 4.69) is 0 Å². The molecule has 2 heterocycles. The molecule has 1 aromatic carbocycles. The van der Waals surface area contributed by atoms with Gasteiger partial charge in [0.05, 0.1) is 17.3 Å². The predicted molar refractivity (Wildman–Crippen MR) is 76.8 cm³/mol. The summed E-state index contributed by atoms with van der Waals surface area (Å²) in [5.41, 5.74) is 7.34. The number of nitrogen functional groups attached to an aromatic ring is 1. The fourth-order valence-corrected chi connectivity index (χ4v) is 3.45. The van der Waals surface area contributed by atoms with Gasteiger partial charge in [-0.25, -0.2) is 9.59 Å². The molecule has 2 aliphatic heterocycles. The lowest BCUT2D eigenvalue weighted by Crippen LogP contribution is -2.49. The van der Waals surface area contributed by atoms with E-state index in [4.69, 9.17) is 10.8 Å². The van der Waals surface area contributed by atoms with E-state index >= 15 is 0 Å². The first-order chi connectivity index (χ1) is 10.4. The van der Waals surface area contributed by atoms with Gasteiger partial charge in [0.2, 0.25) is 0 Å². The number of benzene rings is 1. The standard InChI is InChI=1S/C14H14N4O4/c15-5-7-3-8(16)4-9-10-6-17(13(19)20)2-1-11(10)18(12(7)9)14(21)22/h3-4,10-11H,1-2,6,16H2,(H,19,20)(H,21,22)/t10-,11-/m0/s1. The number of fused-ring (bicyclic) bond motifs is 3. The second kappa shape index (κ2) is 4.80. The molecule has 1 saturated heterocycles. The zero-order valence-corrected chi connectivity index (χ0v) is 11.6. The zero-order valence-electron chi connectivity index (χ0n) is 11.6. The van der Waals surface area contributed by atoms with Crippen molar-refractivity contribution in [2.45, 2.75) is 18.4 Å². The SMILES string of the molecule is N#Cc1cc(N)cc2c1N(C(=O)O)[C@H]1CCN(C(=O)O)C[C@@H]21. The number of nitrogens with two attached hydrogens (primary N) is 1. The lowest BCUT2D eigenvalue weighted by Gasteiger charge is -2.35. The number of rotatable bonds is 0. The maximum absolute atomic E-state index is 11.6. The Morgan fingerprint density at radius 1 is 1.32 bits per heavy atom. The molecule has 22 heavy (non-hydrogen) atoms. The quantitative estimate of drug-likeness (QED) is 0.622. The van der Waals surface area contributed by atoms with E-state index in [-0.39, 0.29) is 30.6 Å². The third kappa shape index (κ3) is 1.90. The van der Waals surface area contributed by atoms with Crippen LogP contribution in [0.25, 0.3) is 0 Å². The van der Waals surface area contributed by atoms with Crippen molar-refractivity contribution in [3.05, 3.63) is 23.3 Å². The third-order valence-electron chi connectivity index (χ3n) is 4.31. The van der Waals surface area contributed by atoms with Gasteiger partial charge in [-0.1, -0.05) is 0 Å². The first-order valence-electron chi connectivity index (χ1n) is 6.77. The zero-order chi connectivity index (χ0) is 16.0. The van der Waals surface area contributed by atoms with Crippen molar-refractivity contribution in [2.75, 3.05) is 23.7 Å². The van der Waals surface area contributed by atoms with E-state index in [1.54, 1.807) is 6.07 Å². The monoisotopic (exact) mass is 302 g/mol. The predicted octanol–water partition coefficient (Wildman–Crippen LogP) is 1.47. The molecule has 0 unspecified atom stereocenters. The summed E-state index contributed by atoms with van der Waals surface area (Å²) in [5, 5.41) is 27.9. The van der Waals surface area contributed by atoms with Gasteiger partial charge in [-0.15, -0.1) is 0 Å². The van der Waals surface area contributed by atoms with E-state index in [0.717, 1.165) is 0 Å². The average molecular weight is 302 g/mol. The molecule has 4 N–H and O–H groups in total. The topological polar surface area (TPSA) is 131 Å². The summed E-state index contributed by atoms with van der Waals surface area (Å²) >= 11 is 0. The molecule has 0 radical (unpaired) electrons. The van der Waals surface area contributed by atoms with E-state index in [1.807, 2.05) is 6.07 Å². The second-order valence-electron chi connectivity index (χ2n) is 5.46. The highest BCUT2D eigenvalue weighted by molar-refractivity contribution is 5.93. The first-order valence-corrected chi connectivity index (χ1v) is 6.77. The summed E-state index contributed by atoms with van der Waals surface area (Å²) in [6, 6.07) is 4.70. The Morgan fingerprint density at radius 2 is 2.05 bits per heavy atom. The van der Waals surface area contributed by atoms with Crippen LogP contribution in [0.5, 0.6) is 0 Å². The Kier molecular flexibility index (Phi) is 3.06. The van der Waals surface area contributed by atoms with Crippen LogP contribution in [-0.2, 0) is 0 Å². The van der Waals surface area contributed by atoms with E-state index < -0.39 is 12.2 Å². The Bertz CT molecular complexity index is 712. The van der Waals surface area contributed by atoms with Gasteiger partial charge in [0.25, 0.3) is 0 Å². The lowest BCUT2D eigenvalue weighted by molar-refractivity contribution is 0.126. The molecule has 8 nitrogen and oxygen atoms in total.